The van der Waals surface area contributed by atoms with Crippen molar-refractivity contribution in [1.29, 1.82) is 0 Å². The van der Waals surface area contributed by atoms with E-state index in [2.05, 4.69) is 10.3 Å². The van der Waals surface area contributed by atoms with Crippen LogP contribution in [-0.2, 0) is 0 Å². The second kappa shape index (κ2) is 5.71. The van der Waals surface area contributed by atoms with Crippen molar-refractivity contribution in [1.82, 2.24) is 9.88 Å². The molecular weight excluding hydrogens is 260 g/mol. The number of carbonyl (C=O) groups excluding carboxylic acids is 1. The molecule has 19 heavy (non-hydrogen) atoms. The Morgan fingerprint density at radius 3 is 3.00 bits per heavy atom. The van der Waals surface area contributed by atoms with Crippen molar-refractivity contribution in [2.45, 2.75) is 6.92 Å². The molecule has 0 saturated heterocycles. The van der Waals surface area contributed by atoms with Crippen molar-refractivity contribution >= 4 is 28.2 Å². The minimum atomic E-state index is -0.157. The molecule has 1 heterocycles. The quantitative estimate of drug-likeness (QED) is 0.847. The maximum Gasteiger partial charge on any atom is 0.323 e. The summed E-state index contributed by atoms with van der Waals surface area (Å²) in [5.74, 6) is 0. The van der Waals surface area contributed by atoms with Gasteiger partial charge >= 0.3 is 6.03 Å². The summed E-state index contributed by atoms with van der Waals surface area (Å²) in [6.45, 7) is 2.57. The van der Waals surface area contributed by atoms with Gasteiger partial charge in [0.05, 0.1) is 5.69 Å². The molecule has 0 unspecified atom stereocenters. The fourth-order valence-electron chi connectivity index (χ4n) is 1.49. The molecule has 2 aromatic rings. The molecule has 100 valence electrons. The molecule has 0 aliphatic heterocycles. The van der Waals surface area contributed by atoms with E-state index in [1.54, 1.807) is 11.9 Å². The van der Waals surface area contributed by atoms with Crippen LogP contribution in [-0.4, -0.2) is 29.5 Å². The Morgan fingerprint density at radius 1 is 1.53 bits per heavy atom. The van der Waals surface area contributed by atoms with E-state index in [1.165, 1.54) is 11.3 Å². The molecule has 0 saturated carbocycles. The van der Waals surface area contributed by atoms with Crippen molar-refractivity contribution in [3.8, 4) is 11.3 Å². The Kier molecular flexibility index (Phi) is 4.01. The minimum Gasteiger partial charge on any atom is -0.399 e. The molecule has 0 aliphatic carbocycles. The van der Waals surface area contributed by atoms with E-state index in [9.17, 15) is 4.79 Å². The lowest BCUT2D eigenvalue weighted by Gasteiger charge is -2.13. The number of hydrogen-bond donors (Lipinski definition) is 2. The molecule has 1 aromatic heterocycles. The number of carbonyl (C=O) groups is 1. The van der Waals surface area contributed by atoms with Gasteiger partial charge in [-0.2, -0.15) is 0 Å². The van der Waals surface area contributed by atoms with Crippen LogP contribution in [0.5, 0.6) is 0 Å². The number of aromatic nitrogens is 1. The Balaban J connectivity index is 2.13. The molecule has 0 fully saturated rings. The van der Waals surface area contributed by atoms with Gasteiger partial charge in [-0.05, 0) is 19.1 Å². The van der Waals surface area contributed by atoms with Crippen LogP contribution < -0.4 is 11.1 Å². The minimum absolute atomic E-state index is 0.157. The van der Waals surface area contributed by atoms with Crippen LogP contribution in [0.3, 0.4) is 0 Å². The van der Waals surface area contributed by atoms with Crippen molar-refractivity contribution in [3.63, 3.8) is 0 Å². The molecular formula is C13H16N4OS. The van der Waals surface area contributed by atoms with E-state index in [1.807, 2.05) is 36.6 Å². The average Bonchev–Trinajstić information content (AvgIpc) is 2.86. The Morgan fingerprint density at radius 2 is 2.32 bits per heavy atom. The first-order chi connectivity index (χ1) is 9.10. The van der Waals surface area contributed by atoms with Gasteiger partial charge in [0.1, 0.15) is 0 Å². The van der Waals surface area contributed by atoms with Crippen molar-refractivity contribution < 1.29 is 4.79 Å². The van der Waals surface area contributed by atoms with Crippen LogP contribution in [0, 0.1) is 0 Å². The van der Waals surface area contributed by atoms with E-state index in [0.29, 0.717) is 17.4 Å². The van der Waals surface area contributed by atoms with Gasteiger partial charge in [-0.3, -0.25) is 5.32 Å². The molecule has 0 aliphatic rings. The van der Waals surface area contributed by atoms with Gasteiger partial charge in [0.25, 0.3) is 0 Å². The predicted molar refractivity (Wildman–Crippen MR) is 79.3 cm³/mol. The molecule has 0 radical (unpaired) electrons. The third kappa shape index (κ3) is 3.23. The maximum atomic E-state index is 11.7. The number of nitrogens with zero attached hydrogens (tertiary/aromatic N) is 2. The van der Waals surface area contributed by atoms with Crippen LogP contribution in [0.15, 0.2) is 29.6 Å². The monoisotopic (exact) mass is 276 g/mol. The Labute approximate surface area is 116 Å². The summed E-state index contributed by atoms with van der Waals surface area (Å²) < 4.78 is 0. The maximum absolute atomic E-state index is 11.7. The summed E-state index contributed by atoms with van der Waals surface area (Å²) in [7, 11) is 1.74. The highest BCUT2D eigenvalue weighted by Crippen LogP contribution is 2.26. The zero-order valence-electron chi connectivity index (χ0n) is 10.9. The molecule has 1 aromatic carbocycles. The lowest BCUT2D eigenvalue weighted by molar-refractivity contribution is 0.224. The summed E-state index contributed by atoms with van der Waals surface area (Å²) in [4.78, 5) is 17.7. The predicted octanol–water partition coefficient (Wildman–Crippen LogP) is 2.88. The van der Waals surface area contributed by atoms with Crippen molar-refractivity contribution in [2.75, 3.05) is 24.6 Å². The van der Waals surface area contributed by atoms with Crippen LogP contribution in [0.25, 0.3) is 11.3 Å². The van der Waals surface area contributed by atoms with Gasteiger partial charge in [0.2, 0.25) is 0 Å². The largest absolute Gasteiger partial charge is 0.399 e. The number of benzene rings is 1. The van der Waals surface area contributed by atoms with Gasteiger partial charge in [-0.15, -0.1) is 11.3 Å². The number of nitrogens with one attached hydrogen (secondary N) is 1. The smallest absolute Gasteiger partial charge is 0.323 e. The molecule has 0 bridgehead atoms. The number of rotatable bonds is 3. The Bertz CT molecular complexity index is 582. The third-order valence-corrected chi connectivity index (χ3v) is 3.48. The standard InChI is InChI=1S/C13H16N4OS/c1-3-17(2)13(18)16-12-15-11(8-19-12)9-5-4-6-10(14)7-9/h4-8H,3,14H2,1-2H3,(H,15,16,18). The lowest BCUT2D eigenvalue weighted by atomic mass is 10.1. The highest BCUT2D eigenvalue weighted by Gasteiger charge is 2.10. The molecule has 2 amide bonds. The van der Waals surface area contributed by atoms with Crippen LogP contribution in [0.1, 0.15) is 6.92 Å². The zero-order chi connectivity index (χ0) is 13.8. The number of thiazole rings is 1. The molecule has 5 nitrogen and oxygen atoms in total. The van der Waals surface area contributed by atoms with Gasteiger partial charge in [-0.1, -0.05) is 12.1 Å². The summed E-state index contributed by atoms with van der Waals surface area (Å²) in [5, 5.41) is 5.25. The second-order valence-electron chi connectivity index (χ2n) is 4.11. The van der Waals surface area contributed by atoms with Crippen LogP contribution >= 0.6 is 11.3 Å². The fourth-order valence-corrected chi connectivity index (χ4v) is 2.20. The Hall–Kier alpha value is -2.08. The van der Waals surface area contributed by atoms with Crippen molar-refractivity contribution in [3.05, 3.63) is 29.6 Å². The number of urea groups is 1. The summed E-state index contributed by atoms with van der Waals surface area (Å²) in [6.07, 6.45) is 0. The van der Waals surface area contributed by atoms with Crippen LogP contribution in [0.4, 0.5) is 15.6 Å². The first-order valence-electron chi connectivity index (χ1n) is 5.93. The number of anilines is 2. The zero-order valence-corrected chi connectivity index (χ0v) is 11.7. The molecule has 2 rings (SSSR count). The van der Waals surface area contributed by atoms with E-state index in [0.717, 1.165) is 11.3 Å². The number of hydrogen-bond acceptors (Lipinski definition) is 4. The van der Waals surface area contributed by atoms with Crippen LogP contribution in [0.2, 0.25) is 0 Å². The first kappa shape index (κ1) is 13.4. The molecule has 3 N–H and O–H groups in total. The normalized spacial score (nSPS) is 10.2. The number of nitrogen functional groups attached to an aromatic ring is 1. The summed E-state index contributed by atoms with van der Waals surface area (Å²) in [5.41, 5.74) is 8.19. The van der Waals surface area contributed by atoms with Gasteiger partial charge in [-0.25, -0.2) is 9.78 Å². The van der Waals surface area contributed by atoms with E-state index in [-0.39, 0.29) is 6.03 Å². The molecule has 0 atom stereocenters. The second-order valence-corrected chi connectivity index (χ2v) is 4.97. The van der Waals surface area contributed by atoms with E-state index >= 15 is 0 Å². The highest BCUT2D eigenvalue weighted by atomic mass is 32.1. The highest BCUT2D eigenvalue weighted by molar-refractivity contribution is 7.14. The van der Waals surface area contributed by atoms with E-state index < -0.39 is 0 Å². The van der Waals surface area contributed by atoms with Gasteiger partial charge in [0.15, 0.2) is 5.13 Å². The number of amides is 2. The summed E-state index contributed by atoms with van der Waals surface area (Å²) >= 11 is 1.40. The third-order valence-electron chi connectivity index (χ3n) is 2.72. The average molecular weight is 276 g/mol. The topological polar surface area (TPSA) is 71.2 Å². The number of nitrogens with two attached hydrogens (primary N) is 1. The SMILES string of the molecule is CCN(C)C(=O)Nc1nc(-c2cccc(N)c2)cs1. The first-order valence-corrected chi connectivity index (χ1v) is 6.81. The lowest BCUT2D eigenvalue weighted by Crippen LogP contribution is -2.30. The van der Waals surface area contributed by atoms with Crippen molar-refractivity contribution in [2.24, 2.45) is 0 Å². The fraction of sp³-hybridized carbons (Fsp3) is 0.231. The molecule has 6 heteroatoms. The van der Waals surface area contributed by atoms with Gasteiger partial charge in [0, 0.05) is 30.2 Å². The van der Waals surface area contributed by atoms with E-state index in [4.69, 9.17) is 5.73 Å². The van der Waals surface area contributed by atoms with Gasteiger partial charge < -0.3 is 10.6 Å². The molecule has 0 spiro atoms. The summed E-state index contributed by atoms with van der Waals surface area (Å²) in [6, 6.07) is 7.35.